The number of allylic oxidation sites excluding steroid dienone is 1. The Hall–Kier alpha value is -2.62. The van der Waals surface area contributed by atoms with Crippen LogP contribution in [0.15, 0.2) is 35.1 Å². The molecule has 0 saturated carbocycles. The third kappa shape index (κ3) is 3.29. The number of hydrogen-bond donors (Lipinski definition) is 0. The van der Waals surface area contributed by atoms with E-state index < -0.39 is 0 Å². The van der Waals surface area contributed by atoms with Crippen LogP contribution in [0.3, 0.4) is 0 Å². The first-order chi connectivity index (χ1) is 12.0. The molecule has 1 aliphatic carbocycles. The summed E-state index contributed by atoms with van der Waals surface area (Å²) in [5, 5.41) is 0. The van der Waals surface area contributed by atoms with E-state index in [4.69, 9.17) is 4.74 Å². The van der Waals surface area contributed by atoms with E-state index in [2.05, 4.69) is 0 Å². The zero-order valence-corrected chi connectivity index (χ0v) is 15.0. The van der Waals surface area contributed by atoms with E-state index >= 15 is 0 Å². The highest BCUT2D eigenvalue weighted by Gasteiger charge is 2.25. The number of ether oxygens (including phenoxy) is 1. The summed E-state index contributed by atoms with van der Waals surface area (Å²) >= 11 is 0. The van der Waals surface area contributed by atoms with E-state index in [-0.39, 0.29) is 16.9 Å². The highest BCUT2D eigenvalue weighted by atomic mass is 16.5. The lowest BCUT2D eigenvalue weighted by molar-refractivity contribution is 0.104. The van der Waals surface area contributed by atoms with Gasteiger partial charge in [0.05, 0.1) is 7.11 Å². The monoisotopic (exact) mass is 337 g/mol. The van der Waals surface area contributed by atoms with Crippen molar-refractivity contribution in [3.63, 3.8) is 0 Å². The van der Waals surface area contributed by atoms with Gasteiger partial charge in [0.15, 0.2) is 5.78 Å². The van der Waals surface area contributed by atoms with Crippen LogP contribution in [-0.4, -0.2) is 17.5 Å². The van der Waals surface area contributed by atoms with Gasteiger partial charge in [0, 0.05) is 18.3 Å². The molecule has 1 aliphatic rings. The van der Waals surface area contributed by atoms with Crippen molar-refractivity contribution >= 4 is 11.9 Å². The van der Waals surface area contributed by atoms with Crippen molar-refractivity contribution in [2.24, 2.45) is 7.05 Å². The van der Waals surface area contributed by atoms with Crippen LogP contribution in [0.2, 0.25) is 0 Å². The van der Waals surface area contributed by atoms with Crippen molar-refractivity contribution in [3.8, 4) is 5.75 Å². The van der Waals surface area contributed by atoms with Crippen LogP contribution in [0, 0.1) is 6.92 Å². The molecule has 0 radical (unpaired) electrons. The molecule has 0 amide bonds. The summed E-state index contributed by atoms with van der Waals surface area (Å²) in [6, 6.07) is 7.87. The predicted octanol–water partition coefficient (Wildman–Crippen LogP) is 3.48. The highest BCUT2D eigenvalue weighted by Crippen LogP contribution is 2.31. The van der Waals surface area contributed by atoms with Crippen molar-refractivity contribution in [3.05, 3.63) is 68.6 Å². The molecule has 25 heavy (non-hydrogen) atoms. The number of carbonyl (C=O) groups is 1. The van der Waals surface area contributed by atoms with Gasteiger partial charge in [-0.3, -0.25) is 9.59 Å². The van der Waals surface area contributed by atoms with Gasteiger partial charge in [0.1, 0.15) is 11.3 Å². The Labute approximate surface area is 147 Å². The molecule has 0 atom stereocenters. The van der Waals surface area contributed by atoms with Gasteiger partial charge < -0.3 is 9.30 Å². The average Bonchev–Trinajstić information content (AvgIpc) is 2.62. The highest BCUT2D eigenvalue weighted by molar-refractivity contribution is 6.08. The average molecular weight is 337 g/mol. The maximum atomic E-state index is 12.8. The van der Waals surface area contributed by atoms with E-state index in [1.165, 1.54) is 13.2 Å². The SMILES string of the molecule is COc1c2c(n(C)c(=O)c1C(=O)/C=C/c1cccc(C)c1)CCCC2. The van der Waals surface area contributed by atoms with Gasteiger partial charge in [-0.1, -0.05) is 35.9 Å². The fourth-order valence-corrected chi connectivity index (χ4v) is 3.51. The van der Waals surface area contributed by atoms with Crippen LogP contribution in [0.1, 0.15) is 45.6 Å². The first-order valence-corrected chi connectivity index (χ1v) is 8.60. The standard InChI is InChI=1S/C21H23NO3/c1-14-7-6-8-15(13-14)11-12-18(23)19-20(25-3)16-9-4-5-10-17(16)22(2)21(19)24/h6-8,11-13H,4-5,9-10H2,1-3H3/b12-11+. The molecule has 1 aromatic heterocycles. The molecule has 4 nitrogen and oxygen atoms in total. The molecule has 4 heteroatoms. The number of hydrogen-bond acceptors (Lipinski definition) is 3. The Morgan fingerprint density at radius 3 is 2.72 bits per heavy atom. The molecular formula is C21H23NO3. The molecule has 0 saturated heterocycles. The lowest BCUT2D eigenvalue weighted by Crippen LogP contribution is -2.30. The van der Waals surface area contributed by atoms with Crippen LogP contribution in [0.4, 0.5) is 0 Å². The molecule has 0 unspecified atom stereocenters. The Morgan fingerprint density at radius 2 is 2.00 bits per heavy atom. The number of pyridine rings is 1. The molecule has 0 spiro atoms. The summed E-state index contributed by atoms with van der Waals surface area (Å²) < 4.78 is 7.12. The Balaban J connectivity index is 2.05. The van der Waals surface area contributed by atoms with E-state index in [1.807, 2.05) is 31.2 Å². The first-order valence-electron chi connectivity index (χ1n) is 8.60. The van der Waals surface area contributed by atoms with Gasteiger partial charge in [-0.25, -0.2) is 0 Å². The third-order valence-electron chi connectivity index (χ3n) is 4.78. The van der Waals surface area contributed by atoms with Crippen molar-refractivity contribution < 1.29 is 9.53 Å². The number of benzene rings is 1. The summed E-state index contributed by atoms with van der Waals surface area (Å²) in [7, 11) is 3.28. The maximum absolute atomic E-state index is 12.8. The molecule has 0 aliphatic heterocycles. The summed E-state index contributed by atoms with van der Waals surface area (Å²) in [6.07, 6.45) is 7.01. The Bertz CT molecular complexity index is 906. The minimum absolute atomic E-state index is 0.134. The first kappa shape index (κ1) is 17.2. The van der Waals surface area contributed by atoms with Gasteiger partial charge in [-0.2, -0.15) is 0 Å². The topological polar surface area (TPSA) is 48.3 Å². The minimum atomic E-state index is -0.313. The van der Waals surface area contributed by atoms with Gasteiger partial charge in [0.2, 0.25) is 0 Å². The second-order valence-corrected chi connectivity index (χ2v) is 6.52. The van der Waals surface area contributed by atoms with Crippen molar-refractivity contribution in [2.45, 2.75) is 32.6 Å². The van der Waals surface area contributed by atoms with Crippen LogP contribution in [-0.2, 0) is 19.9 Å². The summed E-state index contributed by atoms with van der Waals surface area (Å²) in [5.74, 6) is 0.143. The zero-order valence-electron chi connectivity index (χ0n) is 15.0. The molecule has 1 aromatic carbocycles. The third-order valence-corrected chi connectivity index (χ3v) is 4.78. The second kappa shape index (κ2) is 7.09. The smallest absolute Gasteiger partial charge is 0.265 e. The van der Waals surface area contributed by atoms with Crippen LogP contribution in [0.5, 0.6) is 5.75 Å². The number of rotatable bonds is 4. The second-order valence-electron chi connectivity index (χ2n) is 6.52. The molecule has 130 valence electrons. The predicted molar refractivity (Wildman–Crippen MR) is 99.4 cm³/mol. The molecule has 3 rings (SSSR count). The maximum Gasteiger partial charge on any atom is 0.265 e. The largest absolute Gasteiger partial charge is 0.495 e. The van der Waals surface area contributed by atoms with Gasteiger partial charge in [0.25, 0.3) is 5.56 Å². The van der Waals surface area contributed by atoms with Crippen molar-refractivity contribution in [1.82, 2.24) is 4.57 Å². The number of nitrogens with zero attached hydrogens (tertiary/aromatic N) is 1. The Morgan fingerprint density at radius 1 is 1.24 bits per heavy atom. The lowest BCUT2D eigenvalue weighted by Gasteiger charge is -2.23. The number of methoxy groups -OCH3 is 1. The normalized spacial score (nSPS) is 13.7. The fraction of sp³-hybridized carbons (Fsp3) is 0.333. The van der Waals surface area contributed by atoms with Crippen LogP contribution < -0.4 is 10.3 Å². The van der Waals surface area contributed by atoms with Crippen molar-refractivity contribution in [1.29, 1.82) is 0 Å². The summed E-state index contributed by atoms with van der Waals surface area (Å²) in [5.41, 5.74) is 3.90. The van der Waals surface area contributed by atoms with Gasteiger partial charge in [-0.05, 0) is 44.2 Å². The molecular weight excluding hydrogens is 314 g/mol. The number of aromatic nitrogens is 1. The van der Waals surface area contributed by atoms with E-state index in [9.17, 15) is 9.59 Å². The van der Waals surface area contributed by atoms with E-state index in [0.29, 0.717) is 5.75 Å². The number of ketones is 1. The quantitative estimate of drug-likeness (QED) is 0.634. The van der Waals surface area contributed by atoms with Crippen LogP contribution >= 0.6 is 0 Å². The molecule has 0 N–H and O–H groups in total. The van der Waals surface area contributed by atoms with E-state index in [1.54, 1.807) is 17.7 Å². The zero-order chi connectivity index (χ0) is 18.0. The minimum Gasteiger partial charge on any atom is -0.495 e. The number of aryl methyl sites for hydroxylation is 1. The molecule has 0 bridgehead atoms. The summed E-state index contributed by atoms with van der Waals surface area (Å²) in [6.45, 7) is 2.00. The molecule has 1 heterocycles. The van der Waals surface area contributed by atoms with Crippen LogP contribution in [0.25, 0.3) is 6.08 Å². The van der Waals surface area contributed by atoms with Gasteiger partial charge >= 0.3 is 0 Å². The lowest BCUT2D eigenvalue weighted by atomic mass is 9.92. The molecule has 2 aromatic rings. The number of carbonyl (C=O) groups excluding carboxylic acids is 1. The fourth-order valence-electron chi connectivity index (χ4n) is 3.51. The van der Waals surface area contributed by atoms with E-state index in [0.717, 1.165) is 48.1 Å². The molecule has 0 fully saturated rings. The van der Waals surface area contributed by atoms with Gasteiger partial charge in [-0.15, -0.1) is 0 Å². The summed E-state index contributed by atoms with van der Waals surface area (Å²) in [4.78, 5) is 25.5. The van der Waals surface area contributed by atoms with Crippen molar-refractivity contribution in [2.75, 3.05) is 7.11 Å². The number of fused-ring (bicyclic) bond motifs is 1. The Kier molecular flexibility index (Phi) is 4.88.